The highest BCUT2D eigenvalue weighted by atomic mass is 16.5. The fourth-order valence-electron chi connectivity index (χ4n) is 4.12. The van der Waals surface area contributed by atoms with Crippen molar-refractivity contribution in [1.82, 2.24) is 14.5 Å². The summed E-state index contributed by atoms with van der Waals surface area (Å²) in [5.41, 5.74) is 6.91. The number of nitrogens with zero attached hydrogens (tertiary/aromatic N) is 3. The first-order valence-corrected chi connectivity index (χ1v) is 11.5. The van der Waals surface area contributed by atoms with E-state index in [1.807, 2.05) is 38.1 Å². The van der Waals surface area contributed by atoms with Crippen molar-refractivity contribution in [3.63, 3.8) is 0 Å². The molecule has 1 aliphatic heterocycles. The summed E-state index contributed by atoms with van der Waals surface area (Å²) in [6, 6.07) is 7.88. The highest BCUT2D eigenvalue weighted by Crippen LogP contribution is 2.26. The number of carbonyl (C=O) groups excluding carboxylic acids is 2. The van der Waals surface area contributed by atoms with E-state index < -0.39 is 23.1 Å². The molecule has 0 spiro atoms. The third kappa shape index (κ3) is 5.56. The van der Waals surface area contributed by atoms with Crippen molar-refractivity contribution in [3.05, 3.63) is 56.2 Å². The molecular formula is C24H33N5O5. The Morgan fingerprint density at radius 2 is 1.94 bits per heavy atom. The largest absolute Gasteiger partial charge is 0.383 e. The molecule has 2 aromatic rings. The number of carbonyl (C=O) groups is 2. The SMILES string of the molecule is CCCCn1c(N)c(N(CCOC)C(=O)[C@@H]2CC(=O)N(Cc3ccc(C)cc3)C2)c(=O)[nH]c1=O. The van der Waals surface area contributed by atoms with Crippen LogP contribution in [0.3, 0.4) is 0 Å². The number of amides is 2. The Hall–Kier alpha value is -3.40. The monoisotopic (exact) mass is 471 g/mol. The fraction of sp³-hybridized carbons (Fsp3) is 0.500. The quantitative estimate of drug-likeness (QED) is 0.536. The van der Waals surface area contributed by atoms with Gasteiger partial charge in [0.2, 0.25) is 11.8 Å². The lowest BCUT2D eigenvalue weighted by Gasteiger charge is -2.26. The van der Waals surface area contributed by atoms with E-state index in [1.54, 1.807) is 4.90 Å². The van der Waals surface area contributed by atoms with Crippen molar-refractivity contribution in [1.29, 1.82) is 0 Å². The topological polar surface area (TPSA) is 131 Å². The molecule has 184 valence electrons. The number of nitrogen functional groups attached to an aromatic ring is 1. The molecule has 1 atom stereocenters. The van der Waals surface area contributed by atoms with Gasteiger partial charge in [-0.2, -0.15) is 0 Å². The van der Waals surface area contributed by atoms with Crippen molar-refractivity contribution in [3.8, 4) is 0 Å². The van der Waals surface area contributed by atoms with Crippen molar-refractivity contribution in [2.45, 2.75) is 46.2 Å². The van der Waals surface area contributed by atoms with Crippen LogP contribution in [0.15, 0.2) is 33.9 Å². The van der Waals surface area contributed by atoms with Gasteiger partial charge in [-0.3, -0.25) is 23.9 Å². The first-order valence-electron chi connectivity index (χ1n) is 11.5. The first-order chi connectivity index (χ1) is 16.3. The lowest BCUT2D eigenvalue weighted by molar-refractivity contribution is -0.128. The summed E-state index contributed by atoms with van der Waals surface area (Å²) in [6.07, 6.45) is 1.56. The highest BCUT2D eigenvalue weighted by molar-refractivity contribution is 6.00. The van der Waals surface area contributed by atoms with Gasteiger partial charge >= 0.3 is 5.69 Å². The number of H-pyrrole nitrogens is 1. The third-order valence-corrected chi connectivity index (χ3v) is 6.06. The molecule has 1 aromatic carbocycles. The molecule has 1 aliphatic rings. The van der Waals surface area contributed by atoms with Gasteiger partial charge in [0.25, 0.3) is 5.56 Å². The number of nitrogens with two attached hydrogens (primary N) is 1. The van der Waals surface area contributed by atoms with Crippen molar-refractivity contribution < 1.29 is 14.3 Å². The summed E-state index contributed by atoms with van der Waals surface area (Å²) in [5, 5.41) is 0. The number of aryl methyl sites for hydroxylation is 1. The number of aromatic nitrogens is 2. The van der Waals surface area contributed by atoms with Crippen molar-refractivity contribution in [2.24, 2.45) is 5.92 Å². The Labute approximate surface area is 198 Å². The molecule has 10 nitrogen and oxygen atoms in total. The van der Waals surface area contributed by atoms with E-state index in [1.165, 1.54) is 16.6 Å². The van der Waals surface area contributed by atoms with Crippen LogP contribution in [0.2, 0.25) is 0 Å². The Bertz CT molecular complexity index is 1140. The third-order valence-electron chi connectivity index (χ3n) is 6.06. The lowest BCUT2D eigenvalue weighted by Crippen LogP contribution is -2.45. The summed E-state index contributed by atoms with van der Waals surface area (Å²) in [4.78, 5) is 56.5. The summed E-state index contributed by atoms with van der Waals surface area (Å²) in [5.74, 6) is -1.22. The van der Waals surface area contributed by atoms with E-state index in [0.29, 0.717) is 19.5 Å². The van der Waals surface area contributed by atoms with E-state index in [-0.39, 0.29) is 43.5 Å². The average Bonchev–Trinajstić information content (AvgIpc) is 3.17. The summed E-state index contributed by atoms with van der Waals surface area (Å²) < 4.78 is 6.42. The minimum atomic E-state index is -0.736. The zero-order valence-corrected chi connectivity index (χ0v) is 20.0. The summed E-state index contributed by atoms with van der Waals surface area (Å²) in [6.45, 7) is 5.16. The number of hydrogen-bond donors (Lipinski definition) is 2. The van der Waals surface area contributed by atoms with Crippen LogP contribution in [0.5, 0.6) is 0 Å². The number of methoxy groups -OCH3 is 1. The molecule has 10 heteroatoms. The maximum atomic E-state index is 13.6. The van der Waals surface area contributed by atoms with Crippen molar-refractivity contribution in [2.75, 3.05) is 37.4 Å². The molecule has 2 amide bonds. The highest BCUT2D eigenvalue weighted by Gasteiger charge is 2.38. The molecule has 0 aliphatic carbocycles. The van der Waals surface area contributed by atoms with E-state index in [0.717, 1.165) is 17.5 Å². The number of rotatable bonds is 10. The number of hydrogen-bond acceptors (Lipinski definition) is 6. The number of aromatic amines is 1. The Morgan fingerprint density at radius 1 is 1.24 bits per heavy atom. The van der Waals surface area contributed by atoms with Gasteiger partial charge in [-0.25, -0.2) is 4.79 Å². The van der Waals surface area contributed by atoms with Crippen LogP contribution in [0, 0.1) is 12.8 Å². The van der Waals surface area contributed by atoms with E-state index in [2.05, 4.69) is 4.98 Å². The maximum absolute atomic E-state index is 13.6. The molecule has 2 heterocycles. The molecule has 3 rings (SSSR count). The van der Waals surface area contributed by atoms with Gasteiger partial charge in [0, 0.05) is 39.7 Å². The zero-order valence-electron chi connectivity index (χ0n) is 20.0. The number of unbranched alkanes of at least 4 members (excludes halogenated alkanes) is 1. The lowest BCUT2D eigenvalue weighted by atomic mass is 10.1. The van der Waals surface area contributed by atoms with Crippen LogP contribution in [0.25, 0.3) is 0 Å². The molecule has 1 saturated heterocycles. The van der Waals surface area contributed by atoms with Crippen LogP contribution in [-0.2, 0) is 27.4 Å². The second-order valence-electron chi connectivity index (χ2n) is 8.64. The van der Waals surface area contributed by atoms with E-state index in [4.69, 9.17) is 10.5 Å². The minimum Gasteiger partial charge on any atom is -0.383 e. The molecular weight excluding hydrogens is 438 g/mol. The molecule has 0 saturated carbocycles. The van der Waals surface area contributed by atoms with Crippen LogP contribution >= 0.6 is 0 Å². The van der Waals surface area contributed by atoms with Gasteiger partial charge in [-0.15, -0.1) is 0 Å². The van der Waals surface area contributed by atoms with Gasteiger partial charge in [-0.1, -0.05) is 43.2 Å². The van der Waals surface area contributed by atoms with Crippen LogP contribution in [0.1, 0.15) is 37.3 Å². The molecule has 0 unspecified atom stereocenters. The second kappa shape index (κ2) is 11.1. The molecule has 34 heavy (non-hydrogen) atoms. The van der Waals surface area contributed by atoms with Crippen LogP contribution in [-0.4, -0.2) is 53.1 Å². The molecule has 1 fully saturated rings. The normalized spacial score (nSPS) is 15.7. The summed E-state index contributed by atoms with van der Waals surface area (Å²) >= 11 is 0. The Balaban J connectivity index is 1.88. The number of ether oxygens (including phenoxy) is 1. The van der Waals surface area contributed by atoms with Crippen LogP contribution < -0.4 is 21.9 Å². The zero-order chi connectivity index (χ0) is 24.8. The van der Waals surface area contributed by atoms with Gasteiger partial charge < -0.3 is 20.3 Å². The smallest absolute Gasteiger partial charge is 0.330 e. The first kappa shape index (κ1) is 25.2. The van der Waals surface area contributed by atoms with Crippen molar-refractivity contribution >= 4 is 23.3 Å². The average molecular weight is 472 g/mol. The number of likely N-dealkylation sites (tertiary alicyclic amines) is 1. The molecule has 0 bridgehead atoms. The molecule has 3 N–H and O–H groups in total. The van der Waals surface area contributed by atoms with Gasteiger partial charge in [0.15, 0.2) is 5.69 Å². The molecule has 1 aromatic heterocycles. The number of benzene rings is 1. The number of anilines is 2. The molecule has 0 radical (unpaired) electrons. The van der Waals surface area contributed by atoms with Gasteiger partial charge in [0.05, 0.1) is 12.5 Å². The van der Waals surface area contributed by atoms with Gasteiger partial charge in [0.1, 0.15) is 5.82 Å². The van der Waals surface area contributed by atoms with E-state index >= 15 is 0 Å². The van der Waals surface area contributed by atoms with Gasteiger partial charge in [-0.05, 0) is 18.9 Å². The van der Waals surface area contributed by atoms with E-state index in [9.17, 15) is 19.2 Å². The predicted octanol–water partition coefficient (Wildman–Crippen LogP) is 1.26. The standard InChI is InChI=1S/C24H33N5O5/c1-4-5-10-29-21(25)20(22(31)26-24(29)33)28(11-12-34-3)23(32)18-13-19(30)27(15-18)14-17-8-6-16(2)7-9-17/h6-9,18H,4-5,10-15,25H2,1-3H3,(H,26,31,33)/t18-/m1/s1. The van der Waals surface area contributed by atoms with Crippen LogP contribution in [0.4, 0.5) is 11.5 Å². The minimum absolute atomic E-state index is 0.0431. The fourth-order valence-corrected chi connectivity index (χ4v) is 4.12. The number of nitrogens with one attached hydrogen (secondary N) is 1. The second-order valence-corrected chi connectivity index (χ2v) is 8.64. The Kier molecular flexibility index (Phi) is 8.27. The predicted molar refractivity (Wildman–Crippen MR) is 130 cm³/mol. The summed E-state index contributed by atoms with van der Waals surface area (Å²) in [7, 11) is 1.49. The Morgan fingerprint density at radius 3 is 2.59 bits per heavy atom. The maximum Gasteiger partial charge on any atom is 0.330 e.